The minimum absolute atomic E-state index is 0.0140. The van der Waals surface area contributed by atoms with Crippen molar-refractivity contribution >= 4 is 29.4 Å². The van der Waals surface area contributed by atoms with Gasteiger partial charge in [-0.2, -0.15) is 5.10 Å². The Labute approximate surface area is 154 Å². The van der Waals surface area contributed by atoms with Crippen molar-refractivity contribution in [3.63, 3.8) is 0 Å². The Morgan fingerprint density at radius 3 is 2.48 bits per heavy atom. The van der Waals surface area contributed by atoms with Crippen LogP contribution in [-0.4, -0.2) is 28.1 Å². The number of anilines is 1. The number of carbonyl (C=O) groups excluding carboxylic acids is 2. The summed E-state index contributed by atoms with van der Waals surface area (Å²) in [6, 6.07) is 11.0. The van der Waals surface area contributed by atoms with Crippen molar-refractivity contribution in [1.29, 1.82) is 0 Å². The molecular formula is C18H18N4O5. The SMILES string of the molecule is Cc1ccc(NC(=O)CCC(=O)NN=Cc2ccc(O)c([N+](=O)[O-])c2)cc1. The van der Waals surface area contributed by atoms with Crippen LogP contribution in [0.25, 0.3) is 0 Å². The summed E-state index contributed by atoms with van der Waals surface area (Å²) in [6.07, 6.45) is 1.13. The zero-order valence-corrected chi connectivity index (χ0v) is 14.5. The lowest BCUT2D eigenvalue weighted by molar-refractivity contribution is -0.385. The van der Waals surface area contributed by atoms with Crippen LogP contribution in [0.1, 0.15) is 24.0 Å². The second kappa shape index (κ2) is 9.09. The van der Waals surface area contributed by atoms with E-state index in [9.17, 15) is 24.8 Å². The molecule has 140 valence electrons. The predicted molar refractivity (Wildman–Crippen MR) is 99.5 cm³/mol. The third-order valence-corrected chi connectivity index (χ3v) is 3.51. The molecule has 0 spiro atoms. The Bertz CT molecular complexity index is 878. The lowest BCUT2D eigenvalue weighted by Gasteiger charge is -2.05. The zero-order valence-electron chi connectivity index (χ0n) is 14.5. The molecule has 2 aromatic rings. The lowest BCUT2D eigenvalue weighted by atomic mass is 10.2. The van der Waals surface area contributed by atoms with E-state index >= 15 is 0 Å². The normalized spacial score (nSPS) is 10.6. The van der Waals surface area contributed by atoms with Crippen LogP contribution in [0.2, 0.25) is 0 Å². The fraction of sp³-hybridized carbons (Fsp3) is 0.167. The highest BCUT2D eigenvalue weighted by molar-refractivity contribution is 5.93. The van der Waals surface area contributed by atoms with Crippen molar-refractivity contribution in [2.45, 2.75) is 19.8 Å². The standard InChI is InChI=1S/C18H18N4O5/c1-12-2-5-14(6-3-12)20-17(24)8-9-18(25)21-19-11-13-4-7-16(23)15(10-13)22(26)27/h2-7,10-11,23H,8-9H2,1H3,(H,20,24)(H,21,25). The van der Waals surface area contributed by atoms with Gasteiger partial charge < -0.3 is 10.4 Å². The molecule has 0 aliphatic carbocycles. The van der Waals surface area contributed by atoms with Gasteiger partial charge in [-0.15, -0.1) is 0 Å². The van der Waals surface area contributed by atoms with Gasteiger partial charge in [0.15, 0.2) is 5.75 Å². The number of phenols is 1. The number of nitrogens with one attached hydrogen (secondary N) is 2. The summed E-state index contributed by atoms with van der Waals surface area (Å²) >= 11 is 0. The summed E-state index contributed by atoms with van der Waals surface area (Å²) in [5.74, 6) is -1.23. The van der Waals surface area contributed by atoms with E-state index in [0.29, 0.717) is 11.3 Å². The van der Waals surface area contributed by atoms with Gasteiger partial charge in [-0.3, -0.25) is 19.7 Å². The molecule has 0 aliphatic heterocycles. The number of carbonyl (C=O) groups is 2. The highest BCUT2D eigenvalue weighted by Gasteiger charge is 2.12. The summed E-state index contributed by atoms with van der Waals surface area (Å²) in [6.45, 7) is 1.94. The summed E-state index contributed by atoms with van der Waals surface area (Å²) in [4.78, 5) is 33.5. The molecule has 0 aromatic heterocycles. The number of benzene rings is 2. The van der Waals surface area contributed by atoms with Gasteiger partial charge in [0.25, 0.3) is 0 Å². The van der Waals surface area contributed by atoms with Gasteiger partial charge in [-0.05, 0) is 31.2 Å². The second-order valence-corrected chi connectivity index (χ2v) is 5.71. The van der Waals surface area contributed by atoms with E-state index in [1.807, 2.05) is 19.1 Å². The molecule has 0 fully saturated rings. The third kappa shape index (κ3) is 6.24. The van der Waals surface area contributed by atoms with E-state index in [-0.39, 0.29) is 18.7 Å². The maximum absolute atomic E-state index is 11.8. The van der Waals surface area contributed by atoms with E-state index in [2.05, 4.69) is 15.8 Å². The molecule has 2 aromatic carbocycles. The molecule has 0 bridgehead atoms. The Balaban J connectivity index is 1.79. The number of nitro groups is 1. The van der Waals surface area contributed by atoms with Gasteiger partial charge >= 0.3 is 5.69 Å². The first-order valence-corrected chi connectivity index (χ1v) is 8.01. The van der Waals surface area contributed by atoms with Crippen LogP contribution in [0, 0.1) is 17.0 Å². The molecule has 0 atom stereocenters. The average molecular weight is 370 g/mol. The molecule has 9 nitrogen and oxygen atoms in total. The largest absolute Gasteiger partial charge is 0.502 e. The van der Waals surface area contributed by atoms with E-state index in [4.69, 9.17) is 0 Å². The number of hydrazone groups is 1. The topological polar surface area (TPSA) is 134 Å². The Kier molecular flexibility index (Phi) is 6.59. The minimum atomic E-state index is -0.724. The van der Waals surface area contributed by atoms with Crippen molar-refractivity contribution in [1.82, 2.24) is 5.43 Å². The van der Waals surface area contributed by atoms with Crippen LogP contribution < -0.4 is 10.7 Å². The maximum Gasteiger partial charge on any atom is 0.311 e. The first kappa shape index (κ1) is 19.6. The zero-order chi connectivity index (χ0) is 19.8. The summed E-state index contributed by atoms with van der Waals surface area (Å²) in [5.41, 5.74) is 3.83. The van der Waals surface area contributed by atoms with Gasteiger partial charge in [-0.1, -0.05) is 17.7 Å². The molecule has 9 heteroatoms. The molecule has 27 heavy (non-hydrogen) atoms. The summed E-state index contributed by atoms with van der Waals surface area (Å²) < 4.78 is 0. The number of amides is 2. The van der Waals surface area contributed by atoms with Crippen LogP contribution in [0.3, 0.4) is 0 Å². The second-order valence-electron chi connectivity index (χ2n) is 5.71. The number of hydrogen-bond donors (Lipinski definition) is 3. The number of aromatic hydroxyl groups is 1. The Hall–Kier alpha value is -3.75. The van der Waals surface area contributed by atoms with Crippen molar-refractivity contribution in [2.24, 2.45) is 5.10 Å². The number of nitro benzene ring substituents is 1. The fourth-order valence-electron chi connectivity index (χ4n) is 2.09. The Morgan fingerprint density at radius 2 is 1.81 bits per heavy atom. The average Bonchev–Trinajstić information content (AvgIpc) is 2.63. The van der Waals surface area contributed by atoms with E-state index in [0.717, 1.165) is 17.7 Å². The van der Waals surface area contributed by atoms with Crippen molar-refractivity contribution in [3.05, 3.63) is 63.7 Å². The molecule has 0 saturated heterocycles. The van der Waals surface area contributed by atoms with Gasteiger partial charge in [0.1, 0.15) is 0 Å². The lowest BCUT2D eigenvalue weighted by Crippen LogP contribution is -2.20. The van der Waals surface area contributed by atoms with Crippen LogP contribution in [0.5, 0.6) is 5.75 Å². The van der Waals surface area contributed by atoms with Gasteiger partial charge in [0.05, 0.1) is 11.1 Å². The summed E-state index contributed by atoms with van der Waals surface area (Å²) in [7, 11) is 0. The molecule has 0 saturated carbocycles. The highest BCUT2D eigenvalue weighted by Crippen LogP contribution is 2.25. The molecule has 0 heterocycles. The van der Waals surface area contributed by atoms with Crippen molar-refractivity contribution in [2.75, 3.05) is 5.32 Å². The van der Waals surface area contributed by atoms with Crippen LogP contribution in [-0.2, 0) is 9.59 Å². The number of rotatable bonds is 7. The van der Waals surface area contributed by atoms with Gasteiger partial charge in [-0.25, -0.2) is 5.43 Å². The van der Waals surface area contributed by atoms with Gasteiger partial charge in [0, 0.05) is 30.2 Å². The fourth-order valence-corrected chi connectivity index (χ4v) is 2.09. The number of nitrogens with zero attached hydrogens (tertiary/aromatic N) is 2. The molecule has 0 aliphatic rings. The first-order chi connectivity index (χ1) is 12.8. The predicted octanol–water partition coefficient (Wildman–Crippen LogP) is 2.48. The smallest absolute Gasteiger partial charge is 0.311 e. The molecule has 2 amide bonds. The quantitative estimate of drug-likeness (QED) is 0.391. The number of phenolic OH excluding ortho intramolecular Hbond substituents is 1. The number of aryl methyl sites for hydroxylation is 1. The third-order valence-electron chi connectivity index (χ3n) is 3.51. The van der Waals surface area contributed by atoms with E-state index in [1.54, 1.807) is 12.1 Å². The summed E-state index contributed by atoms with van der Waals surface area (Å²) in [5, 5.41) is 26.5. The van der Waals surface area contributed by atoms with E-state index < -0.39 is 22.3 Å². The maximum atomic E-state index is 11.8. The molecule has 3 N–H and O–H groups in total. The molecule has 2 rings (SSSR count). The monoisotopic (exact) mass is 370 g/mol. The molecule has 0 radical (unpaired) electrons. The number of hydrogen-bond acceptors (Lipinski definition) is 6. The minimum Gasteiger partial charge on any atom is -0.502 e. The highest BCUT2D eigenvalue weighted by atomic mass is 16.6. The molecule has 0 unspecified atom stereocenters. The van der Waals surface area contributed by atoms with Crippen LogP contribution in [0.4, 0.5) is 11.4 Å². The van der Waals surface area contributed by atoms with Crippen molar-refractivity contribution < 1.29 is 19.6 Å². The van der Waals surface area contributed by atoms with E-state index in [1.165, 1.54) is 12.3 Å². The van der Waals surface area contributed by atoms with Gasteiger partial charge in [0.2, 0.25) is 11.8 Å². The first-order valence-electron chi connectivity index (χ1n) is 8.01. The van der Waals surface area contributed by atoms with Crippen LogP contribution in [0.15, 0.2) is 47.6 Å². The Morgan fingerprint density at radius 1 is 1.15 bits per heavy atom. The van der Waals surface area contributed by atoms with Crippen molar-refractivity contribution in [3.8, 4) is 5.75 Å². The molecular weight excluding hydrogens is 352 g/mol. The van der Waals surface area contributed by atoms with Crippen LogP contribution >= 0.6 is 0 Å².